The molecule has 6 heteroatoms. The second-order valence-corrected chi connectivity index (χ2v) is 3.92. The van der Waals surface area contributed by atoms with E-state index in [9.17, 15) is 9.59 Å². The summed E-state index contributed by atoms with van der Waals surface area (Å²) in [4.78, 5) is 21.8. The summed E-state index contributed by atoms with van der Waals surface area (Å²) in [7, 11) is 0. The highest BCUT2D eigenvalue weighted by Gasteiger charge is 2.31. The summed E-state index contributed by atoms with van der Waals surface area (Å²) < 4.78 is 5.34. The third-order valence-corrected chi connectivity index (χ3v) is 2.55. The van der Waals surface area contributed by atoms with Crippen molar-refractivity contribution in [1.82, 2.24) is 10.6 Å². The Bertz CT molecular complexity index is 264. The first kappa shape index (κ1) is 12.8. The molecule has 2 amide bonds. The van der Waals surface area contributed by atoms with Crippen LogP contribution < -0.4 is 10.6 Å². The number of ether oxygens (including phenoxy) is 1. The van der Waals surface area contributed by atoms with Crippen LogP contribution in [0.5, 0.6) is 0 Å². The third-order valence-electron chi connectivity index (χ3n) is 2.55. The fraction of sp³-hybridized carbons (Fsp3) is 0.800. The highest BCUT2D eigenvalue weighted by molar-refractivity contribution is 5.82. The van der Waals surface area contributed by atoms with Crippen molar-refractivity contribution in [2.24, 2.45) is 0 Å². The first-order valence-corrected chi connectivity index (χ1v) is 5.44. The molecule has 0 aromatic carbocycles. The Morgan fingerprint density at radius 3 is 2.62 bits per heavy atom. The number of carboxylic acids is 1. The van der Waals surface area contributed by atoms with Crippen LogP contribution >= 0.6 is 0 Å². The van der Waals surface area contributed by atoms with Crippen LogP contribution in [0.4, 0.5) is 4.79 Å². The normalized spacial score (nSPS) is 25.4. The van der Waals surface area contributed by atoms with Gasteiger partial charge in [-0.15, -0.1) is 0 Å². The SMILES string of the molecule is CCOC1CC(NC(=O)N[C@H](C)C(=O)O)C1. The lowest BCUT2D eigenvalue weighted by molar-refractivity contribution is -0.138. The number of urea groups is 1. The van der Waals surface area contributed by atoms with E-state index in [0.29, 0.717) is 6.61 Å². The molecule has 6 nitrogen and oxygen atoms in total. The van der Waals surface area contributed by atoms with E-state index >= 15 is 0 Å². The molecule has 0 spiro atoms. The Kier molecular flexibility index (Phi) is 4.54. The number of carbonyl (C=O) groups excluding carboxylic acids is 1. The summed E-state index contributed by atoms with van der Waals surface area (Å²) in [6, 6.07) is -1.21. The van der Waals surface area contributed by atoms with Crippen molar-refractivity contribution in [3.05, 3.63) is 0 Å². The lowest BCUT2D eigenvalue weighted by Gasteiger charge is -2.35. The molecule has 1 rings (SSSR count). The topological polar surface area (TPSA) is 87.7 Å². The summed E-state index contributed by atoms with van der Waals surface area (Å²) in [5.41, 5.74) is 0. The van der Waals surface area contributed by atoms with Crippen LogP contribution in [-0.4, -0.2) is 41.9 Å². The summed E-state index contributed by atoms with van der Waals surface area (Å²) in [5, 5.41) is 13.6. The van der Waals surface area contributed by atoms with E-state index in [1.807, 2.05) is 6.92 Å². The zero-order valence-electron chi connectivity index (χ0n) is 9.53. The minimum absolute atomic E-state index is 0.0949. The Labute approximate surface area is 94.3 Å². The molecule has 1 fully saturated rings. The molecule has 0 heterocycles. The van der Waals surface area contributed by atoms with Crippen LogP contribution in [0.15, 0.2) is 0 Å². The Hall–Kier alpha value is -1.30. The van der Waals surface area contributed by atoms with Crippen LogP contribution in [0.2, 0.25) is 0 Å². The van der Waals surface area contributed by atoms with Gasteiger partial charge in [0.25, 0.3) is 0 Å². The molecule has 1 saturated carbocycles. The molecule has 0 aliphatic heterocycles. The van der Waals surface area contributed by atoms with Crippen molar-refractivity contribution in [3.63, 3.8) is 0 Å². The van der Waals surface area contributed by atoms with Crippen LogP contribution in [0.25, 0.3) is 0 Å². The summed E-state index contributed by atoms with van der Waals surface area (Å²) in [6.07, 6.45) is 1.82. The number of carbonyl (C=O) groups is 2. The van der Waals surface area contributed by atoms with Crippen molar-refractivity contribution >= 4 is 12.0 Å². The minimum atomic E-state index is -1.05. The standard InChI is InChI=1S/C10H18N2O4/c1-3-16-8-4-7(5-8)12-10(15)11-6(2)9(13)14/h6-8H,3-5H2,1-2H3,(H,13,14)(H2,11,12,15)/t6-,7?,8?/m1/s1. The summed E-state index contributed by atoms with van der Waals surface area (Å²) in [5.74, 6) is -1.05. The maximum absolute atomic E-state index is 11.3. The van der Waals surface area contributed by atoms with Gasteiger partial charge >= 0.3 is 12.0 Å². The average Bonchev–Trinajstić information content (AvgIpc) is 2.14. The van der Waals surface area contributed by atoms with Crippen LogP contribution in [-0.2, 0) is 9.53 Å². The Morgan fingerprint density at radius 1 is 1.50 bits per heavy atom. The largest absolute Gasteiger partial charge is 0.480 e. The molecule has 1 aliphatic carbocycles. The van der Waals surface area contributed by atoms with E-state index in [1.165, 1.54) is 6.92 Å². The fourth-order valence-corrected chi connectivity index (χ4v) is 1.54. The molecule has 16 heavy (non-hydrogen) atoms. The van der Waals surface area contributed by atoms with Gasteiger partial charge in [-0.3, -0.25) is 4.79 Å². The van der Waals surface area contributed by atoms with Gasteiger partial charge in [0.05, 0.1) is 6.10 Å². The molecule has 0 radical (unpaired) electrons. The van der Waals surface area contributed by atoms with Gasteiger partial charge in [0.2, 0.25) is 0 Å². The van der Waals surface area contributed by atoms with Crippen molar-refractivity contribution in [2.75, 3.05) is 6.61 Å². The maximum atomic E-state index is 11.3. The van der Waals surface area contributed by atoms with Crippen LogP contribution in [0, 0.1) is 0 Å². The van der Waals surface area contributed by atoms with Gasteiger partial charge in [0.1, 0.15) is 6.04 Å². The summed E-state index contributed by atoms with van der Waals surface area (Å²) in [6.45, 7) is 4.04. The van der Waals surface area contributed by atoms with Gasteiger partial charge in [0.15, 0.2) is 0 Å². The number of amides is 2. The number of hydrogen-bond donors (Lipinski definition) is 3. The second kappa shape index (κ2) is 5.69. The summed E-state index contributed by atoms with van der Waals surface area (Å²) >= 11 is 0. The molecule has 1 aliphatic rings. The molecule has 3 N–H and O–H groups in total. The number of nitrogens with one attached hydrogen (secondary N) is 2. The highest BCUT2D eigenvalue weighted by atomic mass is 16.5. The van der Waals surface area contributed by atoms with Gasteiger partial charge in [-0.25, -0.2) is 4.79 Å². The number of carboxylic acid groups (broad SMARTS) is 1. The number of rotatable bonds is 5. The number of aliphatic carboxylic acids is 1. The molecule has 0 unspecified atom stereocenters. The average molecular weight is 230 g/mol. The first-order chi connectivity index (χ1) is 7.52. The molecule has 1 atom stereocenters. The Morgan fingerprint density at radius 2 is 2.12 bits per heavy atom. The lowest BCUT2D eigenvalue weighted by atomic mass is 9.89. The van der Waals surface area contributed by atoms with Crippen molar-refractivity contribution < 1.29 is 19.4 Å². The first-order valence-electron chi connectivity index (χ1n) is 5.44. The fourth-order valence-electron chi connectivity index (χ4n) is 1.54. The zero-order valence-corrected chi connectivity index (χ0v) is 9.53. The van der Waals surface area contributed by atoms with Gasteiger partial charge in [-0.1, -0.05) is 0 Å². The number of hydrogen-bond acceptors (Lipinski definition) is 3. The predicted octanol–water partition coefficient (Wildman–Crippen LogP) is 0.326. The molecule has 92 valence electrons. The van der Waals surface area contributed by atoms with Gasteiger partial charge in [-0.2, -0.15) is 0 Å². The molecule has 0 saturated heterocycles. The van der Waals surface area contributed by atoms with E-state index in [1.54, 1.807) is 0 Å². The van der Waals surface area contributed by atoms with Crippen LogP contribution in [0.3, 0.4) is 0 Å². The van der Waals surface area contributed by atoms with Gasteiger partial charge < -0.3 is 20.5 Å². The minimum Gasteiger partial charge on any atom is -0.480 e. The van der Waals surface area contributed by atoms with E-state index < -0.39 is 18.0 Å². The molecule has 0 bridgehead atoms. The van der Waals surface area contributed by atoms with Crippen molar-refractivity contribution in [1.29, 1.82) is 0 Å². The zero-order chi connectivity index (χ0) is 12.1. The molecule has 0 aromatic heterocycles. The highest BCUT2D eigenvalue weighted by Crippen LogP contribution is 2.22. The second-order valence-electron chi connectivity index (χ2n) is 3.92. The van der Waals surface area contributed by atoms with E-state index in [4.69, 9.17) is 9.84 Å². The van der Waals surface area contributed by atoms with Crippen LogP contribution in [0.1, 0.15) is 26.7 Å². The molecule has 0 aromatic rings. The van der Waals surface area contributed by atoms with E-state index in [-0.39, 0.29) is 12.1 Å². The van der Waals surface area contributed by atoms with Crippen molar-refractivity contribution in [2.45, 2.75) is 44.9 Å². The quantitative estimate of drug-likeness (QED) is 0.635. The predicted molar refractivity (Wildman–Crippen MR) is 57.2 cm³/mol. The van der Waals surface area contributed by atoms with E-state index in [2.05, 4.69) is 10.6 Å². The van der Waals surface area contributed by atoms with Gasteiger partial charge in [-0.05, 0) is 26.7 Å². The monoisotopic (exact) mass is 230 g/mol. The molecular formula is C10H18N2O4. The van der Waals surface area contributed by atoms with E-state index in [0.717, 1.165) is 12.8 Å². The maximum Gasteiger partial charge on any atom is 0.325 e. The lowest BCUT2D eigenvalue weighted by Crippen LogP contribution is -2.53. The Balaban J connectivity index is 2.15. The smallest absolute Gasteiger partial charge is 0.325 e. The van der Waals surface area contributed by atoms with Crippen molar-refractivity contribution in [3.8, 4) is 0 Å². The van der Waals surface area contributed by atoms with Gasteiger partial charge in [0, 0.05) is 12.6 Å². The molecular weight excluding hydrogens is 212 g/mol. The third kappa shape index (κ3) is 3.69.